The molecule has 1 amide bonds. The fourth-order valence-corrected chi connectivity index (χ4v) is 3.73. The highest BCUT2D eigenvalue weighted by molar-refractivity contribution is 5.96. The van der Waals surface area contributed by atoms with Crippen molar-refractivity contribution in [1.29, 1.82) is 0 Å². The molecule has 10 heteroatoms. The van der Waals surface area contributed by atoms with Gasteiger partial charge in [0.25, 0.3) is 0 Å². The molecule has 4 N–H and O–H groups in total. The van der Waals surface area contributed by atoms with E-state index < -0.39 is 5.97 Å². The molecule has 1 unspecified atom stereocenters. The van der Waals surface area contributed by atoms with Crippen LogP contribution in [0.3, 0.4) is 0 Å². The summed E-state index contributed by atoms with van der Waals surface area (Å²) in [4.78, 5) is 37.7. The number of hydrogen-bond acceptors (Lipinski definition) is 9. The third-order valence-electron chi connectivity index (χ3n) is 5.49. The summed E-state index contributed by atoms with van der Waals surface area (Å²) in [7, 11) is 1.31. The molecule has 10 nitrogen and oxygen atoms in total. The van der Waals surface area contributed by atoms with Crippen LogP contribution in [0.5, 0.6) is 0 Å². The van der Waals surface area contributed by atoms with Gasteiger partial charge in [0, 0.05) is 24.0 Å². The van der Waals surface area contributed by atoms with Crippen LogP contribution < -0.4 is 21.3 Å². The number of esters is 1. The molecular weight excluding hydrogens is 446 g/mol. The minimum Gasteiger partial charge on any atom is -0.465 e. The van der Waals surface area contributed by atoms with E-state index in [9.17, 15) is 9.59 Å². The highest BCUT2D eigenvalue weighted by Crippen LogP contribution is 2.25. The Kier molecular flexibility index (Phi) is 7.50. The molecule has 1 aromatic carbocycles. The molecule has 1 aliphatic heterocycles. The molecule has 0 radical (unpaired) electrons. The number of amides is 1. The van der Waals surface area contributed by atoms with Crippen molar-refractivity contribution in [3.8, 4) is 12.3 Å². The number of para-hydroxylation sites is 1. The molecule has 2 atom stereocenters. The van der Waals surface area contributed by atoms with Gasteiger partial charge < -0.3 is 26.0 Å². The van der Waals surface area contributed by atoms with E-state index in [0.29, 0.717) is 36.0 Å². The standard InChI is InChI=1S/C25H25N7O3/c1-3-16-13-28-23(15-27-16)32-22-12-20(19(14-29-22)25(34)35-2)30-18-9-10-26-21(11-18)24(33)31-17-7-5-4-6-8-17/h1,4-8,12-15,18,21,26H,9-11H2,2H3,(H,31,33)(H2,28,29,30,32)/t18?,21-/m0/s1. The van der Waals surface area contributed by atoms with E-state index in [2.05, 4.69) is 42.1 Å². The zero-order chi connectivity index (χ0) is 24.6. The zero-order valence-corrected chi connectivity index (χ0v) is 19.1. The van der Waals surface area contributed by atoms with E-state index in [1.54, 1.807) is 6.07 Å². The number of anilines is 4. The molecule has 0 saturated carbocycles. The van der Waals surface area contributed by atoms with Crippen LogP contribution in [0.1, 0.15) is 28.9 Å². The number of rotatable bonds is 7. The van der Waals surface area contributed by atoms with Crippen molar-refractivity contribution >= 4 is 34.9 Å². The monoisotopic (exact) mass is 471 g/mol. The summed E-state index contributed by atoms with van der Waals surface area (Å²) < 4.78 is 4.92. The number of carbonyl (C=O) groups excluding carboxylic acids is 2. The van der Waals surface area contributed by atoms with Gasteiger partial charge in [0.2, 0.25) is 5.91 Å². The molecule has 3 aromatic rings. The van der Waals surface area contributed by atoms with Crippen LogP contribution in [0.2, 0.25) is 0 Å². The fraction of sp³-hybridized carbons (Fsp3) is 0.240. The number of terminal acetylenes is 1. The van der Waals surface area contributed by atoms with Gasteiger partial charge in [-0.25, -0.2) is 19.7 Å². The van der Waals surface area contributed by atoms with Gasteiger partial charge in [-0.2, -0.15) is 0 Å². The Morgan fingerprint density at radius 1 is 1.11 bits per heavy atom. The normalized spacial score (nSPS) is 17.0. The molecule has 0 spiro atoms. The number of aromatic nitrogens is 3. The third-order valence-corrected chi connectivity index (χ3v) is 5.49. The third kappa shape index (κ3) is 6.10. The Morgan fingerprint density at radius 2 is 1.91 bits per heavy atom. The Morgan fingerprint density at radius 3 is 2.63 bits per heavy atom. The van der Waals surface area contributed by atoms with Crippen LogP contribution in [0.25, 0.3) is 0 Å². The number of benzene rings is 1. The first-order valence-corrected chi connectivity index (χ1v) is 11.1. The molecule has 178 valence electrons. The van der Waals surface area contributed by atoms with Crippen LogP contribution >= 0.6 is 0 Å². The average Bonchev–Trinajstić information content (AvgIpc) is 2.89. The highest BCUT2D eigenvalue weighted by Gasteiger charge is 2.28. The lowest BCUT2D eigenvalue weighted by atomic mass is 9.98. The molecule has 1 fully saturated rings. The lowest BCUT2D eigenvalue weighted by Gasteiger charge is -2.31. The number of nitrogens with zero attached hydrogens (tertiary/aromatic N) is 3. The molecule has 4 rings (SSSR count). The maximum absolute atomic E-state index is 12.8. The summed E-state index contributed by atoms with van der Waals surface area (Å²) >= 11 is 0. The maximum atomic E-state index is 12.8. The van der Waals surface area contributed by atoms with E-state index in [0.717, 1.165) is 12.1 Å². The average molecular weight is 472 g/mol. The quantitative estimate of drug-likeness (QED) is 0.303. The van der Waals surface area contributed by atoms with E-state index in [-0.39, 0.29) is 23.6 Å². The molecule has 2 aromatic heterocycles. The fourth-order valence-electron chi connectivity index (χ4n) is 3.73. The van der Waals surface area contributed by atoms with Crippen LogP contribution in [-0.4, -0.2) is 52.6 Å². The second-order valence-electron chi connectivity index (χ2n) is 7.89. The Balaban J connectivity index is 1.48. The van der Waals surface area contributed by atoms with Gasteiger partial charge in [-0.15, -0.1) is 6.42 Å². The summed E-state index contributed by atoms with van der Waals surface area (Å²) in [5, 5.41) is 12.6. The van der Waals surface area contributed by atoms with Crippen molar-refractivity contribution in [2.75, 3.05) is 29.6 Å². The molecule has 3 heterocycles. The Hall–Kier alpha value is -4.49. The van der Waals surface area contributed by atoms with Gasteiger partial charge in [0.05, 0.1) is 31.2 Å². The van der Waals surface area contributed by atoms with Gasteiger partial charge in [-0.1, -0.05) is 18.2 Å². The summed E-state index contributed by atoms with van der Waals surface area (Å²) in [6, 6.07) is 10.6. The van der Waals surface area contributed by atoms with Gasteiger partial charge >= 0.3 is 5.97 Å². The molecule has 35 heavy (non-hydrogen) atoms. The predicted octanol–water partition coefficient (Wildman–Crippen LogP) is 2.55. The van der Waals surface area contributed by atoms with E-state index in [1.165, 1.54) is 25.7 Å². The lowest BCUT2D eigenvalue weighted by molar-refractivity contribution is -0.118. The second kappa shape index (κ2) is 11.1. The number of pyridine rings is 1. The van der Waals surface area contributed by atoms with Crippen molar-refractivity contribution < 1.29 is 14.3 Å². The summed E-state index contributed by atoms with van der Waals surface area (Å²) in [5.74, 6) is 2.69. The minimum atomic E-state index is -0.517. The Bertz CT molecular complexity index is 1230. The number of ether oxygens (including phenoxy) is 1. The molecule has 1 saturated heterocycles. The number of piperidine rings is 1. The Labute approximate surface area is 202 Å². The van der Waals surface area contributed by atoms with E-state index >= 15 is 0 Å². The first-order chi connectivity index (χ1) is 17.1. The molecule has 0 bridgehead atoms. The van der Waals surface area contributed by atoms with Gasteiger partial charge in [-0.3, -0.25) is 4.79 Å². The van der Waals surface area contributed by atoms with Crippen molar-refractivity contribution in [1.82, 2.24) is 20.3 Å². The maximum Gasteiger partial charge on any atom is 0.341 e. The van der Waals surface area contributed by atoms with Crippen molar-refractivity contribution in [3.63, 3.8) is 0 Å². The topological polar surface area (TPSA) is 130 Å². The van der Waals surface area contributed by atoms with Gasteiger partial charge in [0.1, 0.15) is 22.9 Å². The lowest BCUT2D eigenvalue weighted by Crippen LogP contribution is -2.49. The van der Waals surface area contributed by atoms with Gasteiger partial charge in [-0.05, 0) is 37.4 Å². The van der Waals surface area contributed by atoms with E-state index in [4.69, 9.17) is 11.2 Å². The SMILES string of the molecule is C#Cc1cnc(Nc2cc(NC3CCN[C@H](C(=O)Nc4ccccc4)C3)c(C(=O)OC)cn2)cn1. The van der Waals surface area contributed by atoms with Crippen molar-refractivity contribution in [2.45, 2.75) is 24.9 Å². The van der Waals surface area contributed by atoms with Crippen molar-refractivity contribution in [2.24, 2.45) is 0 Å². The largest absolute Gasteiger partial charge is 0.465 e. The first kappa shape index (κ1) is 23.7. The summed E-state index contributed by atoms with van der Waals surface area (Å²) in [6.07, 6.45) is 11.0. The van der Waals surface area contributed by atoms with E-state index in [1.807, 2.05) is 30.3 Å². The minimum absolute atomic E-state index is 0.0591. The molecule has 0 aliphatic carbocycles. The van der Waals surface area contributed by atoms with Crippen molar-refractivity contribution in [3.05, 3.63) is 66.2 Å². The smallest absolute Gasteiger partial charge is 0.341 e. The number of nitrogens with one attached hydrogen (secondary N) is 4. The molecule has 1 aliphatic rings. The summed E-state index contributed by atoms with van der Waals surface area (Å²) in [6.45, 7) is 0.644. The summed E-state index contributed by atoms with van der Waals surface area (Å²) in [5.41, 5.74) is 1.99. The van der Waals surface area contributed by atoms with Crippen LogP contribution in [0.4, 0.5) is 23.0 Å². The number of hydrogen-bond donors (Lipinski definition) is 4. The van der Waals surface area contributed by atoms with Crippen LogP contribution in [0, 0.1) is 12.3 Å². The predicted molar refractivity (Wildman–Crippen MR) is 132 cm³/mol. The highest BCUT2D eigenvalue weighted by atomic mass is 16.5. The van der Waals surface area contributed by atoms with Crippen LogP contribution in [0.15, 0.2) is 55.0 Å². The molecular formula is C25H25N7O3. The van der Waals surface area contributed by atoms with Gasteiger partial charge in [0.15, 0.2) is 0 Å². The first-order valence-electron chi connectivity index (χ1n) is 11.1. The second-order valence-corrected chi connectivity index (χ2v) is 7.89. The zero-order valence-electron chi connectivity index (χ0n) is 19.1. The van der Waals surface area contributed by atoms with Crippen LogP contribution in [-0.2, 0) is 9.53 Å². The number of carbonyl (C=O) groups is 2. The number of methoxy groups -OCH3 is 1.